The van der Waals surface area contributed by atoms with Gasteiger partial charge in [0.25, 0.3) is 5.56 Å². The Hall–Kier alpha value is -2.87. The van der Waals surface area contributed by atoms with Gasteiger partial charge in [-0.1, -0.05) is 11.6 Å². The number of hydrogen-bond donors (Lipinski definition) is 0. The van der Waals surface area contributed by atoms with E-state index >= 15 is 0 Å². The molecule has 2 heterocycles. The maximum absolute atomic E-state index is 13.2. The average Bonchev–Trinajstić information content (AvgIpc) is 3.42. The summed E-state index contributed by atoms with van der Waals surface area (Å²) in [4.78, 5) is 43.0. The molecule has 0 saturated heterocycles. The summed E-state index contributed by atoms with van der Waals surface area (Å²) in [7, 11) is 0. The Morgan fingerprint density at radius 3 is 2.59 bits per heavy atom. The minimum absolute atomic E-state index is 0.195. The fourth-order valence-corrected chi connectivity index (χ4v) is 3.49. The van der Waals surface area contributed by atoms with Crippen LogP contribution in [0.4, 0.5) is 0 Å². The third kappa shape index (κ3) is 3.48. The van der Waals surface area contributed by atoms with Crippen LogP contribution in [0.1, 0.15) is 32.7 Å². The van der Waals surface area contributed by atoms with Gasteiger partial charge in [-0.15, -0.1) is 0 Å². The van der Waals surface area contributed by atoms with Crippen molar-refractivity contribution in [1.29, 1.82) is 0 Å². The van der Waals surface area contributed by atoms with Crippen molar-refractivity contribution >= 4 is 28.7 Å². The zero-order valence-corrected chi connectivity index (χ0v) is 16.9. The number of hydrogen-bond acceptors (Lipinski definition) is 5. The molecule has 0 bridgehead atoms. The van der Waals surface area contributed by atoms with Crippen LogP contribution in [-0.4, -0.2) is 31.3 Å². The summed E-state index contributed by atoms with van der Waals surface area (Å²) < 4.78 is 9.20. The molecule has 3 aromatic rings. The molecular weight excluding hydrogens is 396 g/mol. The van der Waals surface area contributed by atoms with Gasteiger partial charge >= 0.3 is 11.7 Å². The molecule has 2 aromatic heterocycles. The van der Waals surface area contributed by atoms with E-state index in [0.29, 0.717) is 23.2 Å². The molecule has 152 valence electrons. The van der Waals surface area contributed by atoms with Gasteiger partial charge in [-0.25, -0.2) is 19.1 Å². The molecule has 1 aliphatic carbocycles. The number of imidazole rings is 1. The number of rotatable bonds is 6. The molecular formula is C20H21ClN4O4. The highest BCUT2D eigenvalue weighted by Gasteiger charge is 2.28. The monoisotopic (exact) mass is 416 g/mol. The first-order valence-electron chi connectivity index (χ1n) is 9.57. The Morgan fingerprint density at radius 2 is 1.97 bits per heavy atom. The van der Waals surface area contributed by atoms with E-state index in [1.807, 2.05) is 0 Å². The summed E-state index contributed by atoms with van der Waals surface area (Å²) >= 11 is 5.99. The van der Waals surface area contributed by atoms with Gasteiger partial charge in [0.15, 0.2) is 11.2 Å². The Bertz CT molecular complexity index is 1190. The van der Waals surface area contributed by atoms with Gasteiger partial charge < -0.3 is 9.30 Å². The van der Waals surface area contributed by atoms with E-state index in [2.05, 4.69) is 4.98 Å². The maximum Gasteiger partial charge on any atom is 0.337 e. The number of nitrogens with zero attached hydrogens (tertiary/aromatic N) is 4. The number of benzene rings is 1. The first-order valence-corrected chi connectivity index (χ1v) is 9.95. The van der Waals surface area contributed by atoms with Crippen molar-refractivity contribution in [3.63, 3.8) is 0 Å². The Balaban J connectivity index is 1.99. The van der Waals surface area contributed by atoms with Gasteiger partial charge in [0.2, 0.25) is 0 Å². The zero-order valence-electron chi connectivity index (χ0n) is 16.2. The van der Waals surface area contributed by atoms with E-state index in [0.717, 1.165) is 12.8 Å². The molecule has 29 heavy (non-hydrogen) atoms. The molecule has 1 unspecified atom stereocenters. The fourth-order valence-electron chi connectivity index (χ4n) is 3.36. The molecule has 1 saturated carbocycles. The van der Waals surface area contributed by atoms with Crippen LogP contribution in [0.5, 0.6) is 0 Å². The molecule has 1 fully saturated rings. The zero-order chi connectivity index (χ0) is 20.7. The van der Waals surface area contributed by atoms with Crippen LogP contribution in [-0.2, 0) is 16.1 Å². The van der Waals surface area contributed by atoms with Crippen LogP contribution in [0.15, 0.2) is 40.2 Å². The predicted octanol–water partition coefficient (Wildman–Crippen LogP) is 2.54. The van der Waals surface area contributed by atoms with E-state index < -0.39 is 23.3 Å². The summed E-state index contributed by atoms with van der Waals surface area (Å²) in [6.07, 6.45) is 3.38. The Labute approximate surface area is 171 Å². The van der Waals surface area contributed by atoms with E-state index in [1.165, 1.54) is 20.0 Å². The van der Waals surface area contributed by atoms with E-state index in [-0.39, 0.29) is 17.8 Å². The lowest BCUT2D eigenvalue weighted by Gasteiger charge is -2.15. The standard InChI is InChI=1S/C20H21ClN4O4/c1-3-29-19(27)12(2)24-11-22-17-16(24)18(26)23(10-13-4-5-13)20(28)25(17)15-8-6-14(21)7-9-15/h6-9,11-13H,3-5,10H2,1-2H3. The van der Waals surface area contributed by atoms with Crippen molar-refractivity contribution in [3.05, 3.63) is 56.5 Å². The first-order chi connectivity index (χ1) is 13.9. The van der Waals surface area contributed by atoms with E-state index in [4.69, 9.17) is 16.3 Å². The number of fused-ring (bicyclic) bond motifs is 1. The average molecular weight is 417 g/mol. The lowest BCUT2D eigenvalue weighted by molar-refractivity contribution is -0.146. The second-order valence-electron chi connectivity index (χ2n) is 7.21. The van der Waals surface area contributed by atoms with Crippen LogP contribution in [0.3, 0.4) is 0 Å². The number of carbonyl (C=O) groups is 1. The van der Waals surface area contributed by atoms with Gasteiger partial charge in [0.05, 0.1) is 18.6 Å². The van der Waals surface area contributed by atoms with Gasteiger partial charge in [0.1, 0.15) is 6.04 Å². The topological polar surface area (TPSA) is 88.1 Å². The smallest absolute Gasteiger partial charge is 0.337 e. The minimum Gasteiger partial charge on any atom is -0.464 e. The van der Waals surface area contributed by atoms with Crippen LogP contribution in [0.2, 0.25) is 5.02 Å². The summed E-state index contributed by atoms with van der Waals surface area (Å²) in [6.45, 7) is 3.94. The molecule has 4 rings (SSSR count). The summed E-state index contributed by atoms with van der Waals surface area (Å²) in [5, 5.41) is 0.533. The highest BCUT2D eigenvalue weighted by molar-refractivity contribution is 6.30. The fraction of sp³-hybridized carbons (Fsp3) is 0.400. The van der Waals surface area contributed by atoms with Crippen molar-refractivity contribution < 1.29 is 9.53 Å². The molecule has 9 heteroatoms. The third-order valence-electron chi connectivity index (χ3n) is 5.12. The van der Waals surface area contributed by atoms with Crippen molar-refractivity contribution in [2.45, 2.75) is 39.3 Å². The predicted molar refractivity (Wildman–Crippen MR) is 109 cm³/mol. The minimum atomic E-state index is -0.752. The first kappa shape index (κ1) is 19.4. The van der Waals surface area contributed by atoms with E-state index in [1.54, 1.807) is 38.1 Å². The highest BCUT2D eigenvalue weighted by Crippen LogP contribution is 2.30. The van der Waals surface area contributed by atoms with Crippen LogP contribution < -0.4 is 11.2 Å². The molecule has 1 aromatic carbocycles. The normalized spacial score (nSPS) is 14.9. The molecule has 1 atom stereocenters. The number of aromatic nitrogens is 4. The molecule has 0 spiro atoms. The number of carbonyl (C=O) groups excluding carboxylic acids is 1. The van der Waals surface area contributed by atoms with Gasteiger partial charge in [-0.2, -0.15) is 0 Å². The van der Waals surface area contributed by atoms with Crippen molar-refractivity contribution in [2.75, 3.05) is 6.61 Å². The largest absolute Gasteiger partial charge is 0.464 e. The molecule has 0 N–H and O–H groups in total. The Morgan fingerprint density at radius 1 is 1.28 bits per heavy atom. The SMILES string of the molecule is CCOC(=O)C(C)n1cnc2c1c(=O)n(CC1CC1)c(=O)n2-c1ccc(Cl)cc1. The van der Waals surface area contributed by atoms with Gasteiger partial charge in [0, 0.05) is 11.6 Å². The quantitative estimate of drug-likeness (QED) is 0.576. The number of ether oxygens (including phenoxy) is 1. The molecule has 0 amide bonds. The Kier molecular flexibility index (Phi) is 5.04. The van der Waals surface area contributed by atoms with Gasteiger partial charge in [-0.05, 0) is 56.9 Å². The maximum atomic E-state index is 13.2. The summed E-state index contributed by atoms with van der Waals surface area (Å²) in [5.74, 6) is -0.153. The van der Waals surface area contributed by atoms with Crippen molar-refractivity contribution in [2.24, 2.45) is 5.92 Å². The second kappa shape index (κ2) is 7.51. The third-order valence-corrected chi connectivity index (χ3v) is 5.38. The van der Waals surface area contributed by atoms with Gasteiger partial charge in [-0.3, -0.25) is 9.36 Å². The lowest BCUT2D eigenvalue weighted by atomic mass is 10.3. The number of esters is 1. The molecule has 0 aliphatic heterocycles. The second-order valence-corrected chi connectivity index (χ2v) is 7.64. The van der Waals surface area contributed by atoms with Crippen LogP contribution in [0, 0.1) is 5.92 Å². The van der Waals surface area contributed by atoms with Crippen molar-refractivity contribution in [3.8, 4) is 5.69 Å². The molecule has 0 radical (unpaired) electrons. The number of halogens is 1. The van der Waals surface area contributed by atoms with Crippen molar-refractivity contribution in [1.82, 2.24) is 18.7 Å². The summed E-state index contributed by atoms with van der Waals surface area (Å²) in [5.41, 5.74) is 0.0378. The van der Waals surface area contributed by atoms with Crippen LogP contribution >= 0.6 is 11.6 Å². The molecule has 1 aliphatic rings. The highest BCUT2D eigenvalue weighted by atomic mass is 35.5. The van der Waals surface area contributed by atoms with Crippen LogP contribution in [0.25, 0.3) is 16.9 Å². The molecule has 8 nitrogen and oxygen atoms in total. The summed E-state index contributed by atoms with van der Waals surface area (Å²) in [6, 6.07) is 5.98. The van der Waals surface area contributed by atoms with E-state index in [9.17, 15) is 14.4 Å². The lowest BCUT2D eigenvalue weighted by Crippen LogP contribution is -2.41.